The first kappa shape index (κ1) is 31.3. The van der Waals surface area contributed by atoms with Crippen molar-refractivity contribution in [1.29, 1.82) is 0 Å². The average Bonchev–Trinajstić information content (AvgIpc) is 2.94. The predicted octanol–water partition coefficient (Wildman–Crippen LogP) is 5.53. The van der Waals surface area contributed by atoms with E-state index in [9.17, 15) is 9.18 Å². The quantitative estimate of drug-likeness (QED) is 0.0617. The summed E-state index contributed by atoms with van der Waals surface area (Å²) in [5.41, 5.74) is 10.1. The van der Waals surface area contributed by atoms with E-state index in [-0.39, 0.29) is 10.9 Å². The van der Waals surface area contributed by atoms with Crippen LogP contribution in [0.1, 0.15) is 0 Å². The lowest BCUT2D eigenvalue weighted by molar-refractivity contribution is -0.111. The molecule has 0 bridgehead atoms. The van der Waals surface area contributed by atoms with Crippen LogP contribution in [0.3, 0.4) is 0 Å². The largest absolute Gasteiger partial charge is 0.379 e. The summed E-state index contributed by atoms with van der Waals surface area (Å²) < 4.78 is 24.2. The molecule has 0 fully saturated rings. The first-order valence-corrected chi connectivity index (χ1v) is 13.0. The fourth-order valence-electron chi connectivity index (χ4n) is 3.35. The van der Waals surface area contributed by atoms with Gasteiger partial charge >= 0.3 is 0 Å². The van der Waals surface area contributed by atoms with Crippen molar-refractivity contribution >= 4 is 46.2 Å². The van der Waals surface area contributed by atoms with E-state index in [0.717, 1.165) is 0 Å². The molecule has 0 saturated carbocycles. The minimum Gasteiger partial charge on any atom is -0.379 e. The molecule has 41 heavy (non-hydrogen) atoms. The summed E-state index contributed by atoms with van der Waals surface area (Å²) in [5, 5.41) is 12.5. The van der Waals surface area contributed by atoms with Gasteiger partial charge in [-0.1, -0.05) is 28.9 Å². The number of nitrogens with one attached hydrogen (secondary N) is 3. The average molecular weight is 584 g/mol. The third kappa shape index (κ3) is 12.2. The molecular formula is C27H31ClFN9O3. The van der Waals surface area contributed by atoms with Crippen molar-refractivity contribution < 1.29 is 18.7 Å². The number of rotatable bonds is 17. The number of carbonyl (C=O) groups is 1. The highest BCUT2D eigenvalue weighted by atomic mass is 35.5. The zero-order chi connectivity index (χ0) is 29.3. The highest BCUT2D eigenvalue weighted by molar-refractivity contribution is 6.31. The smallest absolute Gasteiger partial charge is 0.248 e. The Balaban J connectivity index is 1.40. The molecule has 0 saturated heterocycles. The fourth-order valence-corrected chi connectivity index (χ4v) is 3.53. The minimum absolute atomic E-state index is 0.00704. The molecule has 0 atom stereocenters. The molecule has 1 amide bonds. The van der Waals surface area contributed by atoms with E-state index < -0.39 is 5.82 Å². The zero-order valence-corrected chi connectivity index (χ0v) is 23.2. The van der Waals surface area contributed by atoms with E-state index in [1.807, 2.05) is 24.1 Å². The first-order chi connectivity index (χ1) is 19.9. The van der Waals surface area contributed by atoms with Crippen molar-refractivity contribution in [2.75, 3.05) is 69.1 Å². The lowest BCUT2D eigenvalue weighted by atomic mass is 10.2. The fraction of sp³-hybridized carbons (Fsp3) is 0.296. The van der Waals surface area contributed by atoms with Crippen molar-refractivity contribution in [1.82, 2.24) is 14.9 Å². The van der Waals surface area contributed by atoms with E-state index >= 15 is 0 Å². The number of likely N-dealkylation sites (N-methyl/N-ethyl adjacent to an activating group) is 1. The van der Waals surface area contributed by atoms with Gasteiger partial charge in [-0.15, -0.1) is 0 Å². The molecule has 0 unspecified atom stereocenters. The van der Waals surface area contributed by atoms with Gasteiger partial charge in [-0.2, -0.15) is 0 Å². The molecule has 0 radical (unpaired) electrons. The number of benzene rings is 2. The van der Waals surface area contributed by atoms with Crippen LogP contribution in [0.4, 0.5) is 33.1 Å². The number of aromatic nitrogens is 2. The van der Waals surface area contributed by atoms with E-state index in [0.29, 0.717) is 74.8 Å². The Hall–Kier alpha value is -4.26. The Morgan fingerprint density at radius 2 is 1.76 bits per heavy atom. The third-order valence-corrected chi connectivity index (χ3v) is 5.63. The lowest BCUT2D eigenvalue weighted by Gasteiger charge is -2.14. The monoisotopic (exact) mass is 583 g/mol. The molecule has 1 heterocycles. The molecular weight excluding hydrogens is 553 g/mol. The summed E-state index contributed by atoms with van der Waals surface area (Å²) in [5.74, 6) is 0.252. The van der Waals surface area contributed by atoms with E-state index in [2.05, 4.69) is 35.9 Å². The second kappa shape index (κ2) is 17.4. The number of nitrogens with zero attached hydrogens (tertiary/aromatic N) is 6. The molecule has 14 heteroatoms. The Labute approximate surface area is 242 Å². The number of hydrogen-bond acceptors (Lipinski definition) is 9. The number of halogens is 2. The molecule has 0 spiro atoms. The van der Waals surface area contributed by atoms with E-state index in [1.54, 1.807) is 30.3 Å². The molecule has 3 N–H and O–H groups in total. The normalized spacial score (nSPS) is 10.9. The number of hydrogen-bond donors (Lipinski definition) is 3. The van der Waals surface area contributed by atoms with Gasteiger partial charge in [0.25, 0.3) is 0 Å². The molecule has 2 aromatic carbocycles. The third-order valence-electron chi connectivity index (χ3n) is 5.34. The molecule has 12 nitrogen and oxygen atoms in total. The van der Waals surface area contributed by atoms with Crippen LogP contribution in [0.25, 0.3) is 10.4 Å². The molecule has 216 valence electrons. The number of ether oxygens (including phenoxy) is 2. The maximum Gasteiger partial charge on any atom is 0.248 e. The summed E-state index contributed by atoms with van der Waals surface area (Å²) in [6, 6.07) is 13.2. The minimum atomic E-state index is -0.502. The van der Waals surface area contributed by atoms with Crippen molar-refractivity contribution in [3.8, 4) is 0 Å². The number of anilines is 5. The molecule has 1 aromatic heterocycles. The van der Waals surface area contributed by atoms with Crippen molar-refractivity contribution in [2.45, 2.75) is 0 Å². The molecule has 0 aliphatic carbocycles. The topological polar surface area (TPSA) is 149 Å². The Kier molecular flexibility index (Phi) is 13.3. The van der Waals surface area contributed by atoms with Crippen LogP contribution in [0, 0.1) is 5.82 Å². The second-order valence-electron chi connectivity index (χ2n) is 8.58. The first-order valence-electron chi connectivity index (χ1n) is 12.7. The van der Waals surface area contributed by atoms with Gasteiger partial charge in [0.05, 0.1) is 31.5 Å². The van der Waals surface area contributed by atoms with Crippen LogP contribution >= 0.6 is 11.6 Å². The van der Waals surface area contributed by atoms with Crippen LogP contribution in [-0.4, -0.2) is 73.9 Å². The highest BCUT2D eigenvalue weighted by Gasteiger charge is 2.05. The lowest BCUT2D eigenvalue weighted by Crippen LogP contribution is -2.24. The van der Waals surface area contributed by atoms with Gasteiger partial charge in [-0.25, -0.2) is 14.4 Å². The van der Waals surface area contributed by atoms with Crippen LogP contribution in [0.2, 0.25) is 5.02 Å². The molecule has 0 aliphatic rings. The van der Waals surface area contributed by atoms with Crippen LogP contribution in [0.5, 0.6) is 0 Å². The summed E-state index contributed by atoms with van der Waals surface area (Å²) in [7, 11) is 1.93. The zero-order valence-electron chi connectivity index (χ0n) is 22.5. The van der Waals surface area contributed by atoms with Gasteiger partial charge in [0, 0.05) is 53.8 Å². The second-order valence-corrected chi connectivity index (χ2v) is 8.99. The van der Waals surface area contributed by atoms with Crippen LogP contribution in [-0.2, 0) is 14.3 Å². The molecule has 3 aromatic rings. The summed E-state index contributed by atoms with van der Waals surface area (Å²) in [6.45, 7) is 3.37. The van der Waals surface area contributed by atoms with Gasteiger partial charge in [0.2, 0.25) is 5.91 Å². The van der Waals surface area contributed by atoms with Gasteiger partial charge in [-0.05, 0) is 49.0 Å². The van der Waals surface area contributed by atoms with Crippen LogP contribution < -0.4 is 16.0 Å². The Morgan fingerprint density at radius 3 is 2.49 bits per heavy atom. The summed E-state index contributed by atoms with van der Waals surface area (Å²) in [6.07, 6.45) is 4.65. The SMILES string of the molecule is CN(C/C=C/C(=O)Nc1cccc(Nc2cc(Nc3ccc(F)c(Cl)c3)ncn2)c1)CCOCCOCCN=[N+]=[N-]. The van der Waals surface area contributed by atoms with Gasteiger partial charge < -0.3 is 30.3 Å². The van der Waals surface area contributed by atoms with Crippen LogP contribution in [0.15, 0.2) is 72.1 Å². The van der Waals surface area contributed by atoms with Gasteiger partial charge in [0.1, 0.15) is 23.8 Å². The maximum atomic E-state index is 13.4. The van der Waals surface area contributed by atoms with E-state index in [1.165, 1.54) is 24.5 Å². The number of amides is 1. The van der Waals surface area contributed by atoms with Gasteiger partial charge in [-0.3, -0.25) is 4.79 Å². The Morgan fingerprint density at radius 1 is 1.05 bits per heavy atom. The van der Waals surface area contributed by atoms with Crippen molar-refractivity contribution in [3.05, 3.63) is 88.3 Å². The highest BCUT2D eigenvalue weighted by Crippen LogP contribution is 2.24. The Bertz CT molecular complexity index is 1360. The number of carbonyl (C=O) groups excluding carboxylic acids is 1. The molecule has 3 rings (SSSR count). The maximum absolute atomic E-state index is 13.4. The predicted molar refractivity (Wildman–Crippen MR) is 157 cm³/mol. The molecule has 0 aliphatic heterocycles. The van der Waals surface area contributed by atoms with E-state index in [4.69, 9.17) is 26.6 Å². The summed E-state index contributed by atoms with van der Waals surface area (Å²) in [4.78, 5) is 25.5. The standard InChI is InChI=1S/C27H31ClFN9O3/c1-38(11-13-41-15-14-40-12-9-33-37-30)10-3-6-27(39)36-21-5-2-4-20(16-21)34-25-18-26(32-19-31-25)35-22-7-8-24(29)23(28)17-22/h2-8,16-19H,9-15H2,1H3,(H,36,39)(H2,31,32,34,35)/b6-3+. The van der Waals surface area contributed by atoms with Gasteiger partial charge in [0.15, 0.2) is 0 Å². The summed E-state index contributed by atoms with van der Waals surface area (Å²) >= 11 is 5.84. The number of azide groups is 1. The van der Waals surface area contributed by atoms with Crippen molar-refractivity contribution in [3.63, 3.8) is 0 Å². The van der Waals surface area contributed by atoms with Crippen molar-refractivity contribution in [2.24, 2.45) is 5.11 Å².